The molecule has 0 aromatic carbocycles. The van der Waals surface area contributed by atoms with Crippen LogP contribution >= 0.6 is 0 Å². The molecular weight excluding hydrogens is 146 g/mol. The second-order valence-corrected chi connectivity index (χ2v) is 4.02. The first-order chi connectivity index (χ1) is 5.86. The number of nitrogens with one attached hydrogen (secondary N) is 1. The monoisotopic (exact) mass is 169 g/mol. The summed E-state index contributed by atoms with van der Waals surface area (Å²) in [6.07, 6.45) is 9.74. The summed E-state index contributed by atoms with van der Waals surface area (Å²) in [7, 11) is 0. The van der Waals surface area contributed by atoms with E-state index in [2.05, 4.69) is 19.2 Å². The first-order valence-electron chi connectivity index (χ1n) is 5.62. The first kappa shape index (κ1) is 10.0. The average molecular weight is 169 g/mol. The lowest BCUT2D eigenvalue weighted by Crippen LogP contribution is -2.38. The van der Waals surface area contributed by atoms with Crippen LogP contribution in [0.2, 0.25) is 0 Å². The van der Waals surface area contributed by atoms with Crippen LogP contribution in [-0.4, -0.2) is 12.1 Å². The molecule has 0 aliphatic heterocycles. The zero-order valence-electron chi connectivity index (χ0n) is 8.60. The Morgan fingerprint density at radius 3 is 2.17 bits per heavy atom. The Labute approximate surface area is 76.9 Å². The molecule has 1 nitrogen and oxygen atoms in total. The van der Waals surface area contributed by atoms with Gasteiger partial charge in [0, 0.05) is 12.1 Å². The van der Waals surface area contributed by atoms with Gasteiger partial charge in [0.05, 0.1) is 0 Å². The summed E-state index contributed by atoms with van der Waals surface area (Å²) in [5.74, 6) is 0. The molecule has 72 valence electrons. The van der Waals surface area contributed by atoms with Gasteiger partial charge in [0.15, 0.2) is 0 Å². The second-order valence-electron chi connectivity index (χ2n) is 4.02. The lowest BCUT2D eigenvalue weighted by molar-refractivity contribution is 0.327. The zero-order valence-corrected chi connectivity index (χ0v) is 8.60. The van der Waals surface area contributed by atoms with Crippen LogP contribution < -0.4 is 5.32 Å². The van der Waals surface area contributed by atoms with Crippen molar-refractivity contribution in [3.05, 3.63) is 0 Å². The molecule has 1 aliphatic carbocycles. The van der Waals surface area contributed by atoms with E-state index >= 15 is 0 Å². The Kier molecular flexibility index (Phi) is 4.67. The van der Waals surface area contributed by atoms with Crippen molar-refractivity contribution in [2.75, 3.05) is 0 Å². The lowest BCUT2D eigenvalue weighted by atomic mass is 9.94. The Bertz CT molecular complexity index is 102. The van der Waals surface area contributed by atoms with Crippen LogP contribution in [0.5, 0.6) is 0 Å². The molecular formula is C11H23N. The molecule has 0 spiro atoms. The van der Waals surface area contributed by atoms with Gasteiger partial charge in [-0.1, -0.05) is 33.1 Å². The summed E-state index contributed by atoms with van der Waals surface area (Å²) in [6.45, 7) is 4.56. The first-order valence-corrected chi connectivity index (χ1v) is 5.62. The van der Waals surface area contributed by atoms with E-state index in [9.17, 15) is 0 Å². The Balaban J connectivity index is 2.18. The largest absolute Gasteiger partial charge is 0.311 e. The molecule has 1 heteroatoms. The van der Waals surface area contributed by atoms with Gasteiger partial charge in [0.25, 0.3) is 0 Å². The molecule has 0 bridgehead atoms. The normalized spacial score (nSPS) is 20.2. The van der Waals surface area contributed by atoms with Crippen molar-refractivity contribution < 1.29 is 0 Å². The highest BCUT2D eigenvalue weighted by Crippen LogP contribution is 2.18. The van der Waals surface area contributed by atoms with Crippen LogP contribution in [0.15, 0.2) is 0 Å². The van der Waals surface area contributed by atoms with Crippen molar-refractivity contribution in [1.82, 2.24) is 5.32 Å². The Hall–Kier alpha value is -0.0400. The van der Waals surface area contributed by atoms with Gasteiger partial charge in [0.2, 0.25) is 0 Å². The molecule has 1 rings (SSSR count). The predicted molar refractivity (Wildman–Crippen MR) is 54.4 cm³/mol. The summed E-state index contributed by atoms with van der Waals surface area (Å²) in [6, 6.07) is 1.61. The summed E-state index contributed by atoms with van der Waals surface area (Å²) in [5.41, 5.74) is 0. The molecule has 0 heterocycles. The van der Waals surface area contributed by atoms with Gasteiger partial charge in [-0.05, 0) is 25.7 Å². The maximum absolute atomic E-state index is 3.76. The molecule has 0 saturated heterocycles. The minimum absolute atomic E-state index is 0.771. The van der Waals surface area contributed by atoms with E-state index in [4.69, 9.17) is 0 Å². The van der Waals surface area contributed by atoms with Gasteiger partial charge in [-0.15, -0.1) is 0 Å². The van der Waals surface area contributed by atoms with Crippen molar-refractivity contribution in [3.63, 3.8) is 0 Å². The topological polar surface area (TPSA) is 12.0 Å². The van der Waals surface area contributed by atoms with Gasteiger partial charge in [-0.3, -0.25) is 0 Å². The number of rotatable bonds is 4. The van der Waals surface area contributed by atoms with Crippen LogP contribution in [0.25, 0.3) is 0 Å². The fraction of sp³-hybridized carbons (Fsp3) is 1.00. The molecule has 0 atom stereocenters. The lowest BCUT2D eigenvalue weighted by Gasteiger charge is -2.27. The average Bonchev–Trinajstić information content (AvgIpc) is 2.16. The fourth-order valence-electron chi connectivity index (χ4n) is 2.13. The molecule has 0 aromatic rings. The van der Waals surface area contributed by atoms with Gasteiger partial charge in [0.1, 0.15) is 0 Å². The quantitative estimate of drug-likeness (QED) is 0.682. The van der Waals surface area contributed by atoms with E-state index in [0.717, 1.165) is 12.1 Å². The fourth-order valence-corrected chi connectivity index (χ4v) is 2.13. The maximum Gasteiger partial charge on any atom is 0.00696 e. The van der Waals surface area contributed by atoms with Crippen molar-refractivity contribution >= 4 is 0 Å². The summed E-state index contributed by atoms with van der Waals surface area (Å²) in [5, 5.41) is 3.76. The van der Waals surface area contributed by atoms with Crippen molar-refractivity contribution in [3.8, 4) is 0 Å². The third-order valence-corrected chi connectivity index (χ3v) is 3.06. The van der Waals surface area contributed by atoms with Crippen LogP contribution in [0.3, 0.4) is 0 Å². The van der Waals surface area contributed by atoms with E-state index in [0.29, 0.717) is 0 Å². The smallest absolute Gasteiger partial charge is 0.00696 e. The molecule has 0 aromatic heterocycles. The molecule has 1 aliphatic rings. The van der Waals surface area contributed by atoms with E-state index in [1.54, 1.807) is 0 Å². The van der Waals surface area contributed by atoms with E-state index in [1.807, 2.05) is 0 Å². The molecule has 1 N–H and O–H groups in total. The number of hydrogen-bond acceptors (Lipinski definition) is 1. The van der Waals surface area contributed by atoms with Crippen LogP contribution in [-0.2, 0) is 0 Å². The maximum atomic E-state index is 3.76. The van der Waals surface area contributed by atoms with E-state index < -0.39 is 0 Å². The Morgan fingerprint density at radius 2 is 1.67 bits per heavy atom. The molecule has 1 fully saturated rings. The zero-order chi connectivity index (χ0) is 8.81. The van der Waals surface area contributed by atoms with Crippen molar-refractivity contribution in [1.29, 1.82) is 0 Å². The third-order valence-electron chi connectivity index (χ3n) is 3.06. The highest BCUT2D eigenvalue weighted by molar-refractivity contribution is 4.75. The SMILES string of the molecule is CCC(CC)NC1CCCCC1. The standard InChI is InChI=1S/C11H23N/c1-3-10(4-2)12-11-8-6-5-7-9-11/h10-12H,3-9H2,1-2H3. The molecule has 0 radical (unpaired) electrons. The van der Waals surface area contributed by atoms with Crippen molar-refractivity contribution in [2.24, 2.45) is 0 Å². The van der Waals surface area contributed by atoms with Crippen LogP contribution in [0.4, 0.5) is 0 Å². The summed E-state index contributed by atoms with van der Waals surface area (Å²) in [4.78, 5) is 0. The van der Waals surface area contributed by atoms with Crippen LogP contribution in [0, 0.1) is 0 Å². The van der Waals surface area contributed by atoms with Gasteiger partial charge in [-0.2, -0.15) is 0 Å². The van der Waals surface area contributed by atoms with E-state index in [1.165, 1.54) is 44.9 Å². The molecule has 0 unspecified atom stereocenters. The molecule has 1 saturated carbocycles. The summed E-state index contributed by atoms with van der Waals surface area (Å²) >= 11 is 0. The Morgan fingerprint density at radius 1 is 1.08 bits per heavy atom. The van der Waals surface area contributed by atoms with Crippen LogP contribution in [0.1, 0.15) is 58.8 Å². The third kappa shape index (κ3) is 3.14. The van der Waals surface area contributed by atoms with E-state index in [-0.39, 0.29) is 0 Å². The van der Waals surface area contributed by atoms with Gasteiger partial charge < -0.3 is 5.32 Å². The predicted octanol–water partition coefficient (Wildman–Crippen LogP) is 3.10. The number of hydrogen-bond donors (Lipinski definition) is 1. The minimum Gasteiger partial charge on any atom is -0.311 e. The highest BCUT2D eigenvalue weighted by Gasteiger charge is 2.15. The van der Waals surface area contributed by atoms with Crippen molar-refractivity contribution in [2.45, 2.75) is 70.9 Å². The molecule has 0 amide bonds. The highest BCUT2D eigenvalue weighted by atomic mass is 14.9. The minimum atomic E-state index is 0.771. The van der Waals surface area contributed by atoms with Gasteiger partial charge >= 0.3 is 0 Å². The second kappa shape index (κ2) is 5.58. The summed E-state index contributed by atoms with van der Waals surface area (Å²) < 4.78 is 0. The molecule has 12 heavy (non-hydrogen) atoms. The van der Waals surface area contributed by atoms with Gasteiger partial charge in [-0.25, -0.2) is 0 Å².